The van der Waals surface area contributed by atoms with Gasteiger partial charge in [0.05, 0.1) is 11.4 Å². The number of anilines is 1. The number of hydrogen-bond donors (Lipinski definition) is 1. The Bertz CT molecular complexity index is 1260. The summed E-state index contributed by atoms with van der Waals surface area (Å²) in [6, 6.07) is 13.2. The molecule has 1 aromatic heterocycles. The molecule has 0 bridgehead atoms. The fourth-order valence-corrected chi connectivity index (χ4v) is 5.95. The lowest BCUT2D eigenvalue weighted by molar-refractivity contribution is -0.117. The minimum Gasteiger partial charge on any atom is -0.299 e. The lowest BCUT2D eigenvalue weighted by Gasteiger charge is -2.33. The average molecular weight is 486 g/mol. The molecule has 1 saturated heterocycles. The van der Waals surface area contributed by atoms with Crippen LogP contribution in [0.25, 0.3) is 10.6 Å². The van der Waals surface area contributed by atoms with E-state index in [0.717, 1.165) is 27.3 Å². The Morgan fingerprint density at radius 3 is 2.45 bits per heavy atom. The Hall–Kier alpha value is -2.66. The number of aromatic nitrogens is 2. The van der Waals surface area contributed by atoms with E-state index in [9.17, 15) is 13.2 Å². The topological polar surface area (TPSA) is 95.5 Å². The molecule has 1 aliphatic heterocycles. The van der Waals surface area contributed by atoms with Gasteiger partial charge in [0.15, 0.2) is 0 Å². The van der Waals surface area contributed by atoms with Crippen LogP contribution in [0.2, 0.25) is 0 Å². The van der Waals surface area contributed by atoms with E-state index in [1.54, 1.807) is 12.1 Å². The van der Waals surface area contributed by atoms with E-state index in [1.165, 1.54) is 15.6 Å². The molecule has 10 heteroatoms. The molecule has 0 saturated carbocycles. The molecular weight excluding hydrogens is 458 g/mol. The molecule has 4 rings (SSSR count). The van der Waals surface area contributed by atoms with Crippen LogP contribution >= 0.6 is 11.3 Å². The molecule has 1 amide bonds. The third kappa shape index (κ3) is 5.47. The van der Waals surface area contributed by atoms with Crippen LogP contribution in [0.4, 0.5) is 5.13 Å². The molecule has 0 aliphatic carbocycles. The number of hydrogen-bond acceptors (Lipinski definition) is 7. The van der Waals surface area contributed by atoms with Crippen molar-refractivity contribution in [2.75, 3.05) is 38.0 Å². The fourth-order valence-electron chi connectivity index (χ4n) is 3.68. The normalized spacial score (nSPS) is 15.5. The summed E-state index contributed by atoms with van der Waals surface area (Å²) in [6.07, 6.45) is 0. The minimum absolute atomic E-state index is 0.177. The van der Waals surface area contributed by atoms with Crippen LogP contribution in [0.15, 0.2) is 47.4 Å². The van der Waals surface area contributed by atoms with E-state index >= 15 is 0 Å². The van der Waals surface area contributed by atoms with E-state index < -0.39 is 10.0 Å². The number of carbonyl (C=O) groups excluding carboxylic acids is 1. The van der Waals surface area contributed by atoms with Crippen molar-refractivity contribution >= 4 is 32.4 Å². The van der Waals surface area contributed by atoms with Gasteiger partial charge in [-0.15, -0.1) is 10.2 Å². The van der Waals surface area contributed by atoms with Crippen LogP contribution in [0.5, 0.6) is 0 Å². The van der Waals surface area contributed by atoms with Gasteiger partial charge in [-0.2, -0.15) is 4.31 Å². The summed E-state index contributed by atoms with van der Waals surface area (Å²) in [4.78, 5) is 14.8. The molecule has 3 aromatic rings. The maximum atomic E-state index is 13.0. The van der Waals surface area contributed by atoms with Crippen molar-refractivity contribution in [3.63, 3.8) is 0 Å². The number of nitrogens with one attached hydrogen (secondary N) is 1. The molecule has 8 nitrogen and oxygen atoms in total. The zero-order valence-corrected chi connectivity index (χ0v) is 20.5. The average Bonchev–Trinajstić information content (AvgIpc) is 3.24. The second-order valence-corrected chi connectivity index (χ2v) is 11.2. The molecule has 2 aromatic carbocycles. The van der Waals surface area contributed by atoms with Crippen LogP contribution in [0.3, 0.4) is 0 Å². The lowest BCUT2D eigenvalue weighted by Crippen LogP contribution is -2.50. The van der Waals surface area contributed by atoms with E-state index in [4.69, 9.17) is 0 Å². The third-order valence-corrected chi connectivity index (χ3v) is 8.53. The van der Waals surface area contributed by atoms with Gasteiger partial charge < -0.3 is 0 Å². The van der Waals surface area contributed by atoms with Gasteiger partial charge in [-0.05, 0) is 50.1 Å². The van der Waals surface area contributed by atoms with Gasteiger partial charge in [-0.25, -0.2) is 8.42 Å². The summed E-state index contributed by atoms with van der Waals surface area (Å²) in [5.41, 5.74) is 4.11. The zero-order chi connectivity index (χ0) is 23.6. The van der Waals surface area contributed by atoms with Crippen molar-refractivity contribution in [3.8, 4) is 10.6 Å². The maximum Gasteiger partial charge on any atom is 0.243 e. The number of aryl methyl sites for hydroxylation is 3. The summed E-state index contributed by atoms with van der Waals surface area (Å²) in [5.74, 6) is -0.188. The SMILES string of the molecule is Cc1cccc(-c2nnc(NC(=O)CN3CCN(S(=O)(=O)c4ccc(C)c(C)c4)CC3)s2)c1. The predicted octanol–water partition coefficient (Wildman–Crippen LogP) is 3.08. The molecule has 1 fully saturated rings. The molecular formula is C23H27N5O3S2. The van der Waals surface area contributed by atoms with Gasteiger partial charge in [0, 0.05) is 31.7 Å². The molecule has 1 aliphatic rings. The van der Waals surface area contributed by atoms with Crippen molar-refractivity contribution in [1.29, 1.82) is 0 Å². The van der Waals surface area contributed by atoms with Crippen LogP contribution in [-0.4, -0.2) is 66.5 Å². The number of piperazine rings is 1. The molecule has 174 valence electrons. The summed E-state index contributed by atoms with van der Waals surface area (Å²) in [7, 11) is -3.54. The highest BCUT2D eigenvalue weighted by molar-refractivity contribution is 7.89. The predicted molar refractivity (Wildman–Crippen MR) is 130 cm³/mol. The van der Waals surface area contributed by atoms with E-state index in [-0.39, 0.29) is 12.5 Å². The Balaban J connectivity index is 1.31. The standard InChI is InChI=1S/C23H27N5O3S2/c1-16-5-4-6-19(13-16)22-25-26-23(32-22)24-21(29)15-27-9-11-28(12-10-27)33(30,31)20-8-7-17(2)18(3)14-20/h4-8,13-14H,9-12,15H2,1-3H3,(H,24,26,29). The Morgan fingerprint density at radius 2 is 1.76 bits per heavy atom. The fraction of sp³-hybridized carbons (Fsp3) is 0.348. The zero-order valence-electron chi connectivity index (χ0n) is 18.9. The Morgan fingerprint density at radius 1 is 1.00 bits per heavy atom. The summed E-state index contributed by atoms with van der Waals surface area (Å²) in [6.45, 7) is 7.73. The van der Waals surface area contributed by atoms with Crippen molar-refractivity contribution in [3.05, 3.63) is 59.2 Å². The molecule has 2 heterocycles. The highest BCUT2D eigenvalue weighted by Crippen LogP contribution is 2.27. The van der Waals surface area contributed by atoms with Gasteiger partial charge in [-0.3, -0.25) is 15.0 Å². The van der Waals surface area contributed by atoms with Crippen LogP contribution < -0.4 is 5.32 Å². The molecule has 1 N–H and O–H groups in total. The first-order valence-corrected chi connectivity index (χ1v) is 13.0. The second-order valence-electron chi connectivity index (χ2n) is 8.26. The molecule has 33 heavy (non-hydrogen) atoms. The maximum absolute atomic E-state index is 13.0. The summed E-state index contributed by atoms with van der Waals surface area (Å²) < 4.78 is 27.4. The molecule has 0 unspecified atom stereocenters. The lowest BCUT2D eigenvalue weighted by atomic mass is 10.1. The minimum atomic E-state index is -3.54. The number of amides is 1. The largest absolute Gasteiger partial charge is 0.299 e. The number of carbonyl (C=O) groups is 1. The quantitative estimate of drug-likeness (QED) is 0.577. The van der Waals surface area contributed by atoms with E-state index in [1.807, 2.05) is 56.0 Å². The number of rotatable bonds is 6. The number of benzene rings is 2. The van der Waals surface area contributed by atoms with Crippen LogP contribution in [0.1, 0.15) is 16.7 Å². The summed E-state index contributed by atoms with van der Waals surface area (Å²) in [5, 5.41) is 12.3. The number of nitrogens with zero attached hydrogens (tertiary/aromatic N) is 4. The van der Waals surface area contributed by atoms with Gasteiger partial charge in [0.1, 0.15) is 5.01 Å². The second kappa shape index (κ2) is 9.68. The van der Waals surface area contributed by atoms with E-state index in [2.05, 4.69) is 15.5 Å². The first-order valence-electron chi connectivity index (χ1n) is 10.7. The molecule has 0 spiro atoms. The highest BCUT2D eigenvalue weighted by Gasteiger charge is 2.29. The third-order valence-electron chi connectivity index (χ3n) is 5.75. The van der Waals surface area contributed by atoms with Gasteiger partial charge in [-0.1, -0.05) is 41.2 Å². The van der Waals surface area contributed by atoms with Crippen molar-refractivity contribution in [1.82, 2.24) is 19.4 Å². The van der Waals surface area contributed by atoms with Crippen molar-refractivity contribution in [2.24, 2.45) is 0 Å². The van der Waals surface area contributed by atoms with Crippen molar-refractivity contribution < 1.29 is 13.2 Å². The monoisotopic (exact) mass is 485 g/mol. The smallest absolute Gasteiger partial charge is 0.243 e. The Labute approximate surface area is 198 Å². The van der Waals surface area contributed by atoms with Crippen molar-refractivity contribution in [2.45, 2.75) is 25.7 Å². The first-order chi connectivity index (χ1) is 15.7. The van der Waals surface area contributed by atoms with Crippen LogP contribution in [0, 0.1) is 20.8 Å². The Kier molecular flexibility index (Phi) is 6.89. The molecule has 0 radical (unpaired) electrons. The molecule has 0 atom stereocenters. The summed E-state index contributed by atoms with van der Waals surface area (Å²) >= 11 is 1.33. The highest BCUT2D eigenvalue weighted by atomic mass is 32.2. The van der Waals surface area contributed by atoms with E-state index in [0.29, 0.717) is 36.2 Å². The van der Waals surface area contributed by atoms with Gasteiger partial charge in [0.2, 0.25) is 21.1 Å². The van der Waals surface area contributed by atoms with Gasteiger partial charge >= 0.3 is 0 Å². The first kappa shape index (κ1) is 23.5. The van der Waals surface area contributed by atoms with Crippen LogP contribution in [-0.2, 0) is 14.8 Å². The number of sulfonamides is 1. The van der Waals surface area contributed by atoms with Gasteiger partial charge in [0.25, 0.3) is 0 Å².